The van der Waals surface area contributed by atoms with Gasteiger partial charge in [0.2, 0.25) is 0 Å². The molecule has 3 heterocycles. The van der Waals surface area contributed by atoms with Gasteiger partial charge in [-0.1, -0.05) is 17.7 Å². The Bertz CT molecular complexity index is 1170. The third-order valence-electron chi connectivity index (χ3n) is 4.17. The molecule has 0 aliphatic rings. The lowest BCUT2D eigenvalue weighted by Crippen LogP contribution is -2.14. The van der Waals surface area contributed by atoms with Gasteiger partial charge in [-0.3, -0.25) is 9.48 Å². The predicted octanol–water partition coefficient (Wildman–Crippen LogP) is 5.05. The van der Waals surface area contributed by atoms with Gasteiger partial charge in [0.15, 0.2) is 5.65 Å². The SMILES string of the molecule is Cc1nn(C)c2nc(-c3cccs3)cc(C(=O)Nc3ccc(Cl)cc3F)c12. The molecule has 0 fully saturated rings. The average molecular weight is 401 g/mol. The molecule has 0 aliphatic heterocycles. The molecule has 1 amide bonds. The van der Waals surface area contributed by atoms with Gasteiger partial charge in [-0.05, 0) is 42.6 Å². The Morgan fingerprint density at radius 3 is 2.81 bits per heavy atom. The fourth-order valence-corrected chi connectivity index (χ4v) is 3.80. The van der Waals surface area contributed by atoms with Crippen LogP contribution in [0.1, 0.15) is 16.1 Å². The summed E-state index contributed by atoms with van der Waals surface area (Å²) >= 11 is 7.31. The van der Waals surface area contributed by atoms with E-state index in [1.54, 1.807) is 17.8 Å². The molecule has 1 N–H and O–H groups in total. The van der Waals surface area contributed by atoms with Gasteiger partial charge >= 0.3 is 0 Å². The zero-order valence-corrected chi connectivity index (χ0v) is 16.0. The number of aryl methyl sites for hydroxylation is 2. The smallest absolute Gasteiger partial charge is 0.256 e. The van der Waals surface area contributed by atoms with Crippen LogP contribution in [0.2, 0.25) is 5.02 Å². The summed E-state index contributed by atoms with van der Waals surface area (Å²) in [5.74, 6) is -1.03. The lowest BCUT2D eigenvalue weighted by atomic mass is 10.1. The Hall–Kier alpha value is -2.77. The molecule has 0 spiro atoms. The Kier molecular flexibility index (Phi) is 4.41. The minimum absolute atomic E-state index is 0.0635. The molecular weight excluding hydrogens is 387 g/mol. The molecule has 1 aromatic carbocycles. The van der Waals surface area contributed by atoms with E-state index >= 15 is 0 Å². The number of carbonyl (C=O) groups excluding carboxylic acids is 1. The van der Waals surface area contributed by atoms with Gasteiger partial charge in [0.25, 0.3) is 5.91 Å². The van der Waals surface area contributed by atoms with Gasteiger partial charge in [-0.15, -0.1) is 11.3 Å². The standard InChI is InChI=1S/C19H14ClFN4OS/c1-10-17-12(19(26)23-14-6-5-11(20)8-13(14)21)9-15(16-4-3-7-27-16)22-18(17)25(2)24-10/h3-9H,1-2H3,(H,23,26). The fraction of sp³-hybridized carbons (Fsp3) is 0.105. The van der Waals surface area contributed by atoms with Crippen LogP contribution in [0.4, 0.5) is 10.1 Å². The summed E-state index contributed by atoms with van der Waals surface area (Å²) in [5, 5.41) is 9.85. The van der Waals surface area contributed by atoms with Gasteiger partial charge in [0.05, 0.1) is 32.9 Å². The van der Waals surface area contributed by atoms with E-state index in [4.69, 9.17) is 11.6 Å². The van der Waals surface area contributed by atoms with Gasteiger partial charge in [0.1, 0.15) is 5.82 Å². The second-order valence-corrected chi connectivity index (χ2v) is 7.40. The molecule has 0 bridgehead atoms. The van der Waals surface area contributed by atoms with Crippen molar-refractivity contribution in [2.24, 2.45) is 7.05 Å². The van der Waals surface area contributed by atoms with Crippen LogP contribution in [0.5, 0.6) is 0 Å². The Labute approximate surface area is 163 Å². The zero-order chi connectivity index (χ0) is 19.1. The molecule has 8 heteroatoms. The molecular formula is C19H14ClFN4OS. The highest BCUT2D eigenvalue weighted by Gasteiger charge is 2.20. The van der Waals surface area contributed by atoms with Crippen LogP contribution in [0.25, 0.3) is 21.6 Å². The van der Waals surface area contributed by atoms with Crippen LogP contribution >= 0.6 is 22.9 Å². The monoisotopic (exact) mass is 400 g/mol. The van der Waals surface area contributed by atoms with Gasteiger partial charge in [0, 0.05) is 12.1 Å². The first kappa shape index (κ1) is 17.6. The van der Waals surface area contributed by atoms with Crippen molar-refractivity contribution in [1.82, 2.24) is 14.8 Å². The number of amides is 1. The third-order valence-corrected chi connectivity index (χ3v) is 5.29. The number of nitrogens with zero attached hydrogens (tertiary/aromatic N) is 3. The van der Waals surface area contributed by atoms with E-state index in [1.807, 2.05) is 24.4 Å². The number of benzene rings is 1. The topological polar surface area (TPSA) is 59.8 Å². The zero-order valence-electron chi connectivity index (χ0n) is 14.5. The molecule has 0 atom stereocenters. The third kappa shape index (κ3) is 3.20. The molecule has 0 saturated heterocycles. The van der Waals surface area contributed by atoms with Crippen molar-refractivity contribution < 1.29 is 9.18 Å². The number of halogens is 2. The van der Waals surface area contributed by atoms with Crippen LogP contribution < -0.4 is 5.32 Å². The van der Waals surface area contributed by atoms with Crippen molar-refractivity contribution in [1.29, 1.82) is 0 Å². The van der Waals surface area contributed by atoms with E-state index in [9.17, 15) is 9.18 Å². The van der Waals surface area contributed by atoms with Crippen molar-refractivity contribution in [2.45, 2.75) is 6.92 Å². The Morgan fingerprint density at radius 1 is 1.30 bits per heavy atom. The molecule has 5 nitrogen and oxygen atoms in total. The summed E-state index contributed by atoms with van der Waals surface area (Å²) in [5.41, 5.74) is 2.40. The molecule has 3 aromatic heterocycles. The van der Waals surface area contributed by atoms with Crippen LogP contribution in [-0.2, 0) is 7.05 Å². The van der Waals surface area contributed by atoms with Crippen molar-refractivity contribution in [3.05, 3.63) is 63.9 Å². The molecule has 0 unspecified atom stereocenters. The van der Waals surface area contributed by atoms with Crippen LogP contribution in [0, 0.1) is 12.7 Å². The van der Waals surface area contributed by atoms with Crippen LogP contribution in [-0.4, -0.2) is 20.7 Å². The minimum Gasteiger partial charge on any atom is -0.319 e. The van der Waals surface area contributed by atoms with E-state index < -0.39 is 11.7 Å². The maximum atomic E-state index is 14.1. The quantitative estimate of drug-likeness (QED) is 0.523. The number of nitrogens with one attached hydrogen (secondary N) is 1. The number of thiophene rings is 1. The number of rotatable bonds is 3. The van der Waals surface area contributed by atoms with Crippen LogP contribution in [0.15, 0.2) is 41.8 Å². The highest BCUT2D eigenvalue weighted by molar-refractivity contribution is 7.13. The summed E-state index contributed by atoms with van der Waals surface area (Å²) in [6.45, 7) is 1.81. The summed E-state index contributed by atoms with van der Waals surface area (Å²) in [6.07, 6.45) is 0. The summed E-state index contributed by atoms with van der Waals surface area (Å²) in [6, 6.07) is 9.68. The number of fused-ring (bicyclic) bond motifs is 1. The first-order valence-electron chi connectivity index (χ1n) is 8.08. The van der Waals surface area contributed by atoms with Gasteiger partial charge in [-0.25, -0.2) is 9.37 Å². The van der Waals surface area contributed by atoms with E-state index in [1.165, 1.54) is 23.5 Å². The summed E-state index contributed by atoms with van der Waals surface area (Å²) in [7, 11) is 1.78. The number of hydrogen-bond acceptors (Lipinski definition) is 4. The second kappa shape index (κ2) is 6.75. The first-order chi connectivity index (χ1) is 12.9. The Morgan fingerprint density at radius 2 is 2.11 bits per heavy atom. The largest absolute Gasteiger partial charge is 0.319 e. The van der Waals surface area contributed by atoms with Crippen molar-refractivity contribution in [3.63, 3.8) is 0 Å². The first-order valence-corrected chi connectivity index (χ1v) is 9.34. The second-order valence-electron chi connectivity index (χ2n) is 6.02. The Balaban J connectivity index is 1.85. The van der Waals surface area contributed by atoms with Gasteiger partial charge in [-0.2, -0.15) is 5.10 Å². The molecule has 27 heavy (non-hydrogen) atoms. The lowest BCUT2D eigenvalue weighted by Gasteiger charge is -2.09. The number of carbonyl (C=O) groups is 1. The number of hydrogen-bond donors (Lipinski definition) is 1. The summed E-state index contributed by atoms with van der Waals surface area (Å²) in [4.78, 5) is 18.6. The van der Waals surface area contributed by atoms with Crippen LogP contribution in [0.3, 0.4) is 0 Å². The highest BCUT2D eigenvalue weighted by atomic mass is 35.5. The fourth-order valence-electron chi connectivity index (χ4n) is 2.95. The van der Waals surface area contributed by atoms with Gasteiger partial charge < -0.3 is 5.32 Å². The molecule has 0 aliphatic carbocycles. The minimum atomic E-state index is -0.595. The van der Waals surface area contributed by atoms with E-state index in [2.05, 4.69) is 15.4 Å². The number of aromatic nitrogens is 3. The van der Waals surface area contributed by atoms with E-state index in [0.29, 0.717) is 28.0 Å². The molecule has 4 aromatic rings. The van der Waals surface area contributed by atoms with Crippen molar-refractivity contribution >= 4 is 45.6 Å². The maximum Gasteiger partial charge on any atom is 0.256 e. The molecule has 0 radical (unpaired) electrons. The summed E-state index contributed by atoms with van der Waals surface area (Å²) < 4.78 is 15.7. The molecule has 136 valence electrons. The number of anilines is 1. The molecule has 4 rings (SSSR count). The normalized spacial score (nSPS) is 11.1. The van der Waals surface area contributed by atoms with Crippen molar-refractivity contribution in [3.8, 4) is 10.6 Å². The molecule has 0 saturated carbocycles. The van der Waals surface area contributed by atoms with E-state index in [0.717, 1.165) is 10.9 Å². The number of pyridine rings is 1. The predicted molar refractivity (Wildman–Crippen MR) is 106 cm³/mol. The maximum absolute atomic E-state index is 14.1. The van der Waals surface area contributed by atoms with E-state index in [-0.39, 0.29) is 10.7 Å². The lowest BCUT2D eigenvalue weighted by molar-refractivity contribution is 0.102. The van der Waals surface area contributed by atoms with Crippen molar-refractivity contribution in [2.75, 3.05) is 5.32 Å². The average Bonchev–Trinajstić information content (AvgIpc) is 3.26. The highest BCUT2D eigenvalue weighted by Crippen LogP contribution is 2.30.